The van der Waals surface area contributed by atoms with Crippen LogP contribution in [0, 0.1) is 0 Å². The maximum Gasteiger partial charge on any atom is 0.324 e. The van der Waals surface area contributed by atoms with Crippen LogP contribution in [0.15, 0.2) is 0 Å². The molecule has 0 aromatic rings. The Morgan fingerprint density at radius 2 is 2.36 bits per heavy atom. The SMILES string of the molecule is [B][C@H]1CC(OP(O)(=S)OC)[C@@H](CC)O1. The van der Waals surface area contributed by atoms with Crippen LogP contribution in [0.5, 0.6) is 0 Å². The highest BCUT2D eigenvalue weighted by Crippen LogP contribution is 2.46. The molecule has 1 aliphatic rings. The van der Waals surface area contributed by atoms with Crippen LogP contribution in [0.2, 0.25) is 0 Å². The third kappa shape index (κ3) is 3.30. The molecule has 80 valence electrons. The van der Waals surface area contributed by atoms with Crippen molar-refractivity contribution in [3.8, 4) is 0 Å². The number of rotatable bonds is 4. The predicted molar refractivity (Wildman–Crippen MR) is 57.7 cm³/mol. The van der Waals surface area contributed by atoms with Crippen molar-refractivity contribution < 1.29 is 18.7 Å². The molecule has 0 aliphatic carbocycles. The fourth-order valence-electron chi connectivity index (χ4n) is 1.43. The Morgan fingerprint density at radius 1 is 1.71 bits per heavy atom. The first kappa shape index (κ1) is 12.6. The summed E-state index contributed by atoms with van der Waals surface area (Å²) in [6, 6.07) is -0.336. The van der Waals surface area contributed by atoms with Crippen LogP contribution in [0.1, 0.15) is 19.8 Å². The normalized spacial score (nSPS) is 36.9. The molecule has 1 N–H and O–H groups in total. The van der Waals surface area contributed by atoms with Gasteiger partial charge in [0.15, 0.2) is 0 Å². The van der Waals surface area contributed by atoms with Crippen molar-refractivity contribution in [1.29, 1.82) is 0 Å². The van der Waals surface area contributed by atoms with Crippen molar-refractivity contribution in [3.05, 3.63) is 0 Å². The minimum absolute atomic E-state index is 0.102. The molecule has 0 amide bonds. The molecule has 1 fully saturated rings. The summed E-state index contributed by atoms with van der Waals surface area (Å²) in [5.74, 6) is 0. The van der Waals surface area contributed by atoms with E-state index in [1.54, 1.807) is 0 Å². The molecule has 1 heterocycles. The summed E-state index contributed by atoms with van der Waals surface area (Å²) >= 11 is 4.75. The third-order valence-corrected chi connectivity index (χ3v) is 3.83. The molecule has 7 heteroatoms. The van der Waals surface area contributed by atoms with E-state index in [2.05, 4.69) is 0 Å². The quantitative estimate of drug-likeness (QED) is 0.581. The molecule has 1 aliphatic heterocycles. The van der Waals surface area contributed by atoms with Gasteiger partial charge in [-0.1, -0.05) is 6.92 Å². The van der Waals surface area contributed by atoms with Gasteiger partial charge >= 0.3 is 6.72 Å². The van der Waals surface area contributed by atoms with Gasteiger partial charge in [-0.3, -0.25) is 0 Å². The van der Waals surface area contributed by atoms with Crippen LogP contribution >= 0.6 is 6.72 Å². The zero-order chi connectivity index (χ0) is 10.8. The second kappa shape index (κ2) is 5.06. The zero-order valence-electron chi connectivity index (χ0n) is 8.25. The molecule has 2 unspecified atom stereocenters. The average molecular weight is 236 g/mol. The Hall–Kier alpha value is 0.555. The van der Waals surface area contributed by atoms with Gasteiger partial charge in [-0.15, -0.1) is 0 Å². The summed E-state index contributed by atoms with van der Waals surface area (Å²) in [6.07, 6.45) is 0.957. The van der Waals surface area contributed by atoms with Crippen LogP contribution in [-0.4, -0.2) is 38.1 Å². The molecule has 0 bridgehead atoms. The first-order valence-electron chi connectivity index (χ1n) is 4.46. The second-order valence-electron chi connectivity index (χ2n) is 3.15. The molecule has 2 radical (unpaired) electrons. The standard InChI is InChI=1S/C7H14BO4PS/c1-3-5-6(4-7(8)11-5)12-13(9,14)10-2/h5-7H,3-4H2,1-2H3,(H,9,14)/t5-,6?,7-,13?/m1/s1. The minimum Gasteiger partial charge on any atom is -0.382 e. The molecule has 1 rings (SSSR count). The van der Waals surface area contributed by atoms with E-state index in [9.17, 15) is 4.89 Å². The Balaban J connectivity index is 2.55. The first-order valence-corrected chi connectivity index (χ1v) is 7.05. The highest BCUT2D eigenvalue weighted by molar-refractivity contribution is 8.07. The Morgan fingerprint density at radius 3 is 2.86 bits per heavy atom. The van der Waals surface area contributed by atoms with E-state index >= 15 is 0 Å². The molecular formula is C7H14BO4PS. The van der Waals surface area contributed by atoms with Crippen LogP contribution in [-0.2, 0) is 25.6 Å². The molecule has 14 heavy (non-hydrogen) atoms. The van der Waals surface area contributed by atoms with Gasteiger partial charge in [-0.05, 0) is 24.6 Å². The van der Waals surface area contributed by atoms with E-state index in [4.69, 9.17) is 33.4 Å². The van der Waals surface area contributed by atoms with E-state index in [1.165, 1.54) is 7.11 Å². The Kier molecular flexibility index (Phi) is 4.56. The first-order chi connectivity index (χ1) is 6.48. The fourth-order valence-corrected chi connectivity index (χ4v) is 2.41. The van der Waals surface area contributed by atoms with Crippen molar-refractivity contribution in [1.82, 2.24) is 0 Å². The molecule has 4 nitrogen and oxygen atoms in total. The average Bonchev–Trinajstić information content (AvgIpc) is 2.45. The third-order valence-electron chi connectivity index (χ3n) is 2.13. The van der Waals surface area contributed by atoms with Gasteiger partial charge in [0.2, 0.25) is 0 Å². The predicted octanol–water partition coefficient (Wildman–Crippen LogP) is 0.928. The molecule has 0 spiro atoms. The number of hydrogen-bond donors (Lipinski definition) is 1. The van der Waals surface area contributed by atoms with Gasteiger partial charge in [0.1, 0.15) is 7.85 Å². The monoisotopic (exact) mass is 236 g/mol. The van der Waals surface area contributed by atoms with Crippen molar-refractivity contribution in [3.63, 3.8) is 0 Å². The maximum atomic E-state index is 9.47. The van der Waals surface area contributed by atoms with E-state index in [1.807, 2.05) is 6.92 Å². The summed E-state index contributed by atoms with van der Waals surface area (Å²) < 4.78 is 15.3. The Labute approximate surface area is 90.6 Å². The Bertz CT molecular complexity index is 240. The van der Waals surface area contributed by atoms with E-state index in [-0.39, 0.29) is 18.2 Å². The van der Waals surface area contributed by atoms with Gasteiger partial charge in [-0.25, -0.2) is 0 Å². The van der Waals surface area contributed by atoms with Gasteiger partial charge in [0.25, 0.3) is 0 Å². The molecule has 0 aromatic carbocycles. The maximum absolute atomic E-state index is 9.47. The summed E-state index contributed by atoms with van der Waals surface area (Å²) in [7, 11) is 6.94. The summed E-state index contributed by atoms with van der Waals surface area (Å²) in [5, 5.41) is 0. The molecule has 0 saturated carbocycles. The highest BCUT2D eigenvalue weighted by Gasteiger charge is 2.35. The summed E-state index contributed by atoms with van der Waals surface area (Å²) in [5.41, 5.74) is 0. The topological polar surface area (TPSA) is 47.9 Å². The van der Waals surface area contributed by atoms with Crippen LogP contribution in [0.3, 0.4) is 0 Å². The lowest BCUT2D eigenvalue weighted by molar-refractivity contribution is 0.0334. The van der Waals surface area contributed by atoms with Crippen molar-refractivity contribution in [2.45, 2.75) is 38.0 Å². The lowest BCUT2D eigenvalue weighted by Gasteiger charge is -2.21. The van der Waals surface area contributed by atoms with E-state index < -0.39 is 6.72 Å². The van der Waals surface area contributed by atoms with Crippen LogP contribution in [0.4, 0.5) is 0 Å². The van der Waals surface area contributed by atoms with Crippen LogP contribution in [0.25, 0.3) is 0 Å². The molecular weight excluding hydrogens is 222 g/mol. The smallest absolute Gasteiger partial charge is 0.324 e. The van der Waals surface area contributed by atoms with Gasteiger partial charge in [0.05, 0.1) is 12.2 Å². The minimum atomic E-state index is -3.10. The van der Waals surface area contributed by atoms with E-state index in [0.717, 1.165) is 6.42 Å². The number of ether oxygens (including phenoxy) is 1. The van der Waals surface area contributed by atoms with Crippen LogP contribution < -0.4 is 0 Å². The molecule has 0 aromatic heterocycles. The van der Waals surface area contributed by atoms with Gasteiger partial charge in [0, 0.05) is 13.1 Å². The molecule has 1 saturated heterocycles. The van der Waals surface area contributed by atoms with Crippen molar-refractivity contribution in [2.24, 2.45) is 0 Å². The van der Waals surface area contributed by atoms with Crippen molar-refractivity contribution in [2.75, 3.05) is 7.11 Å². The largest absolute Gasteiger partial charge is 0.382 e. The summed E-state index contributed by atoms with van der Waals surface area (Å²) in [6.45, 7) is -1.14. The van der Waals surface area contributed by atoms with E-state index in [0.29, 0.717) is 6.42 Å². The second-order valence-corrected chi connectivity index (χ2v) is 6.05. The molecule has 4 atom stereocenters. The number of hydrogen-bond acceptors (Lipinski definition) is 4. The summed E-state index contributed by atoms with van der Waals surface area (Å²) in [4.78, 5) is 9.47. The zero-order valence-corrected chi connectivity index (χ0v) is 9.96. The fraction of sp³-hybridized carbons (Fsp3) is 1.00. The lowest BCUT2D eigenvalue weighted by Crippen LogP contribution is -2.22. The highest BCUT2D eigenvalue weighted by atomic mass is 32.5. The van der Waals surface area contributed by atoms with Gasteiger partial charge in [-0.2, -0.15) is 0 Å². The van der Waals surface area contributed by atoms with Gasteiger partial charge < -0.3 is 18.7 Å². The lowest BCUT2D eigenvalue weighted by atomic mass is 9.96. The van der Waals surface area contributed by atoms with Crippen molar-refractivity contribution >= 4 is 26.4 Å².